The molecule has 0 aliphatic carbocycles. The molecule has 0 radical (unpaired) electrons. The molecule has 0 aliphatic heterocycles. The highest BCUT2D eigenvalue weighted by Gasteiger charge is 2.15. The van der Waals surface area contributed by atoms with Crippen molar-refractivity contribution >= 4 is 0 Å². The summed E-state index contributed by atoms with van der Waals surface area (Å²) in [6.07, 6.45) is 9.46. The highest BCUT2D eigenvalue weighted by atomic mass is 16.5. The Morgan fingerprint density at radius 3 is 2.53 bits per heavy atom. The monoisotopic (exact) mass is 403 g/mol. The van der Waals surface area contributed by atoms with Gasteiger partial charge in [-0.3, -0.25) is 14.2 Å². The van der Waals surface area contributed by atoms with E-state index < -0.39 is 0 Å². The van der Waals surface area contributed by atoms with Crippen LogP contribution < -0.4 is 10.3 Å². The van der Waals surface area contributed by atoms with Gasteiger partial charge in [0.05, 0.1) is 25.0 Å². The first kappa shape index (κ1) is 19.7. The smallest absolute Gasteiger partial charge is 0.254 e. The second-order valence-electron chi connectivity index (χ2n) is 7.35. The van der Waals surface area contributed by atoms with Gasteiger partial charge in [0.15, 0.2) is 0 Å². The van der Waals surface area contributed by atoms with Crippen molar-refractivity contribution < 1.29 is 4.74 Å². The second-order valence-corrected chi connectivity index (χ2v) is 7.35. The summed E-state index contributed by atoms with van der Waals surface area (Å²) in [5.41, 5.74) is 5.01. The Bertz CT molecular complexity index is 1230. The maximum Gasteiger partial charge on any atom is 0.254 e. The van der Waals surface area contributed by atoms with Crippen LogP contribution in [0.15, 0.2) is 66.1 Å². The van der Waals surface area contributed by atoms with Gasteiger partial charge in [0.1, 0.15) is 5.75 Å². The van der Waals surface area contributed by atoms with Gasteiger partial charge in [0.2, 0.25) is 0 Å². The Balaban J connectivity index is 1.67. The lowest BCUT2D eigenvalue weighted by atomic mass is 10.0. The quantitative estimate of drug-likeness (QED) is 0.493. The SMILES string of the molecule is CCOc1cc(=O)n(C)cc1-c1cnn(C(C)c2cccc(-c3cnn(C)c3)c2)c1. The molecule has 0 aliphatic rings. The lowest BCUT2D eigenvalue weighted by Gasteiger charge is -2.14. The molecular formula is C23H25N5O2. The summed E-state index contributed by atoms with van der Waals surface area (Å²) in [7, 11) is 3.65. The summed E-state index contributed by atoms with van der Waals surface area (Å²) in [4.78, 5) is 12.0. The predicted molar refractivity (Wildman–Crippen MR) is 117 cm³/mol. The first-order valence-corrected chi connectivity index (χ1v) is 9.93. The van der Waals surface area contributed by atoms with Crippen LogP contribution in [-0.4, -0.2) is 30.7 Å². The largest absolute Gasteiger partial charge is 0.493 e. The second kappa shape index (κ2) is 8.02. The highest BCUT2D eigenvalue weighted by Crippen LogP contribution is 2.30. The first-order chi connectivity index (χ1) is 14.5. The fourth-order valence-corrected chi connectivity index (χ4v) is 3.49. The van der Waals surface area contributed by atoms with Gasteiger partial charge in [-0.2, -0.15) is 10.2 Å². The van der Waals surface area contributed by atoms with Gasteiger partial charge >= 0.3 is 0 Å². The van der Waals surface area contributed by atoms with E-state index in [1.54, 1.807) is 22.5 Å². The summed E-state index contributed by atoms with van der Waals surface area (Å²) in [5.74, 6) is 0.575. The maximum absolute atomic E-state index is 12.0. The van der Waals surface area contributed by atoms with Gasteiger partial charge in [0, 0.05) is 55.4 Å². The van der Waals surface area contributed by atoms with E-state index in [9.17, 15) is 4.79 Å². The molecule has 0 saturated heterocycles. The predicted octanol–water partition coefficient (Wildman–Crippen LogP) is 3.66. The Kier molecular flexibility index (Phi) is 5.27. The van der Waals surface area contributed by atoms with Crippen LogP contribution in [0.25, 0.3) is 22.3 Å². The average Bonchev–Trinajstić information content (AvgIpc) is 3.40. The summed E-state index contributed by atoms with van der Waals surface area (Å²) in [6, 6.07) is 9.97. The van der Waals surface area contributed by atoms with E-state index in [-0.39, 0.29) is 11.6 Å². The van der Waals surface area contributed by atoms with Crippen LogP contribution in [0.3, 0.4) is 0 Å². The van der Waals surface area contributed by atoms with Crippen molar-refractivity contribution in [3.8, 4) is 28.0 Å². The van der Waals surface area contributed by atoms with E-state index in [0.717, 1.165) is 27.8 Å². The Morgan fingerprint density at radius 1 is 1.00 bits per heavy atom. The molecule has 4 rings (SSSR count). The summed E-state index contributed by atoms with van der Waals surface area (Å²) in [5, 5.41) is 8.85. The van der Waals surface area contributed by atoms with Crippen LogP contribution in [0, 0.1) is 0 Å². The average molecular weight is 403 g/mol. The van der Waals surface area contributed by atoms with Gasteiger partial charge in [-0.25, -0.2) is 0 Å². The topological polar surface area (TPSA) is 66.9 Å². The molecule has 30 heavy (non-hydrogen) atoms. The summed E-state index contributed by atoms with van der Waals surface area (Å²) < 4.78 is 11.0. The molecule has 7 heteroatoms. The molecule has 1 unspecified atom stereocenters. The van der Waals surface area contributed by atoms with Crippen LogP contribution in [0.4, 0.5) is 0 Å². The van der Waals surface area contributed by atoms with E-state index in [4.69, 9.17) is 4.74 Å². The molecule has 154 valence electrons. The van der Waals surface area contributed by atoms with Crippen molar-refractivity contribution in [3.63, 3.8) is 0 Å². The number of ether oxygens (including phenoxy) is 1. The molecule has 0 bridgehead atoms. The van der Waals surface area contributed by atoms with Gasteiger partial charge in [-0.15, -0.1) is 0 Å². The number of benzene rings is 1. The third kappa shape index (κ3) is 3.78. The molecule has 0 amide bonds. The molecule has 7 nitrogen and oxygen atoms in total. The van der Waals surface area contributed by atoms with Crippen LogP contribution in [0.5, 0.6) is 5.75 Å². The molecule has 0 fully saturated rings. The zero-order valence-corrected chi connectivity index (χ0v) is 17.6. The minimum Gasteiger partial charge on any atom is -0.493 e. The van der Waals surface area contributed by atoms with Crippen molar-refractivity contribution in [2.45, 2.75) is 19.9 Å². The molecule has 4 aromatic rings. The van der Waals surface area contributed by atoms with Gasteiger partial charge in [0.25, 0.3) is 5.56 Å². The van der Waals surface area contributed by atoms with Crippen molar-refractivity contribution in [2.24, 2.45) is 14.1 Å². The standard InChI is InChI=1S/C23H25N5O2/c1-5-30-22-10-23(29)26(3)15-21(22)20-12-25-28(14-20)16(2)17-7-6-8-18(9-17)19-11-24-27(4)13-19/h6-16H,5H2,1-4H3. The fraction of sp³-hybridized carbons (Fsp3) is 0.261. The zero-order chi connectivity index (χ0) is 21.3. The molecule has 3 heterocycles. The zero-order valence-electron chi connectivity index (χ0n) is 17.6. The third-order valence-electron chi connectivity index (χ3n) is 5.21. The molecule has 1 aromatic carbocycles. The lowest BCUT2D eigenvalue weighted by Crippen LogP contribution is -2.15. The minimum atomic E-state index is -0.102. The van der Waals surface area contributed by atoms with E-state index >= 15 is 0 Å². The first-order valence-electron chi connectivity index (χ1n) is 9.93. The number of hydrogen-bond acceptors (Lipinski definition) is 4. The number of pyridine rings is 1. The van der Waals surface area contributed by atoms with Crippen molar-refractivity contribution in [2.75, 3.05) is 6.61 Å². The molecular weight excluding hydrogens is 378 g/mol. The third-order valence-corrected chi connectivity index (χ3v) is 5.21. The summed E-state index contributed by atoms with van der Waals surface area (Å²) in [6.45, 7) is 4.51. The van der Waals surface area contributed by atoms with Gasteiger partial charge in [-0.1, -0.05) is 18.2 Å². The van der Waals surface area contributed by atoms with Crippen molar-refractivity contribution in [1.82, 2.24) is 24.1 Å². The van der Waals surface area contributed by atoms with Crippen molar-refractivity contribution in [1.29, 1.82) is 0 Å². The van der Waals surface area contributed by atoms with Gasteiger partial charge in [-0.05, 0) is 31.0 Å². The minimum absolute atomic E-state index is 0.0402. The number of aryl methyl sites for hydroxylation is 2. The van der Waals surface area contributed by atoms with Gasteiger partial charge < -0.3 is 9.30 Å². The fourth-order valence-electron chi connectivity index (χ4n) is 3.49. The highest BCUT2D eigenvalue weighted by molar-refractivity contribution is 5.68. The molecule has 3 aromatic heterocycles. The summed E-state index contributed by atoms with van der Waals surface area (Å²) >= 11 is 0. The normalized spacial score (nSPS) is 12.1. The number of nitrogens with zero attached hydrogens (tertiary/aromatic N) is 5. The molecule has 0 saturated carbocycles. The van der Waals surface area contributed by atoms with E-state index in [1.807, 2.05) is 43.4 Å². The molecule has 1 atom stereocenters. The van der Waals surface area contributed by atoms with Crippen LogP contribution in [0.2, 0.25) is 0 Å². The Morgan fingerprint density at radius 2 is 1.80 bits per heavy atom. The van der Waals surface area contributed by atoms with Crippen molar-refractivity contribution in [3.05, 3.63) is 77.2 Å². The Labute approximate surface area is 175 Å². The molecule has 0 spiro atoms. The maximum atomic E-state index is 12.0. The van der Waals surface area contributed by atoms with Crippen LogP contribution in [-0.2, 0) is 14.1 Å². The number of aromatic nitrogens is 5. The number of rotatable bonds is 6. The Hall–Kier alpha value is -3.61. The van der Waals surface area contributed by atoms with E-state index in [2.05, 4.69) is 41.4 Å². The molecule has 0 N–H and O–H groups in total. The number of hydrogen-bond donors (Lipinski definition) is 0. The van der Waals surface area contributed by atoms with E-state index in [1.165, 1.54) is 6.07 Å². The van der Waals surface area contributed by atoms with E-state index in [0.29, 0.717) is 12.4 Å². The lowest BCUT2D eigenvalue weighted by molar-refractivity contribution is 0.340. The van der Waals surface area contributed by atoms with Crippen LogP contribution >= 0.6 is 0 Å². The van der Waals surface area contributed by atoms with Crippen LogP contribution in [0.1, 0.15) is 25.5 Å².